The molecule has 0 aliphatic rings. The maximum Gasteiger partial charge on any atom is 0.253 e. The number of allylic oxidation sites excluding steroid dienone is 1. The number of hydrogen-bond donors (Lipinski definition) is 1. The molecule has 9 heteroatoms. The highest BCUT2D eigenvalue weighted by atomic mass is 35.5. The first-order valence-electron chi connectivity index (χ1n) is 8.62. The second kappa shape index (κ2) is 10.2. The molecular weight excluding hydrogens is 451 g/mol. The fourth-order valence-corrected chi connectivity index (χ4v) is 4.30. The first-order chi connectivity index (χ1) is 14.0. The van der Waals surface area contributed by atoms with E-state index in [1.165, 1.54) is 11.8 Å². The van der Waals surface area contributed by atoms with Crippen LogP contribution in [0.25, 0.3) is 0 Å². The molecule has 0 saturated carbocycles. The zero-order valence-corrected chi connectivity index (χ0v) is 18.3. The van der Waals surface area contributed by atoms with Crippen LogP contribution < -0.4 is 5.32 Å². The third kappa shape index (κ3) is 5.54. The van der Waals surface area contributed by atoms with Crippen LogP contribution in [0.15, 0.2) is 60.3 Å². The Labute approximate surface area is 188 Å². The minimum Gasteiger partial charge on any atom is -0.345 e. The number of aromatic nitrogens is 3. The fourth-order valence-electron chi connectivity index (χ4n) is 2.55. The monoisotopic (exact) mass is 466 g/mol. The van der Waals surface area contributed by atoms with Crippen molar-refractivity contribution >= 4 is 52.5 Å². The van der Waals surface area contributed by atoms with Crippen LogP contribution in [0.3, 0.4) is 0 Å². The highest BCUT2D eigenvalue weighted by Gasteiger charge is 2.15. The predicted molar refractivity (Wildman–Crippen MR) is 119 cm³/mol. The maximum atomic E-state index is 12.4. The standard InChI is InChI=1S/C20H17Cl3N4OS/c1-2-9-27-18(11-24-19(28)15-5-3-4-6-16(15)22)25-26-20(27)29-12-13-7-8-14(21)10-17(13)23/h2-8,10H,1,9,11-12H2,(H,24,28). The second-order valence-corrected chi connectivity index (χ2v) is 8.18. The lowest BCUT2D eigenvalue weighted by molar-refractivity contribution is 0.0949. The first kappa shape index (κ1) is 21.7. The van der Waals surface area contributed by atoms with Crippen molar-refractivity contribution < 1.29 is 4.79 Å². The van der Waals surface area contributed by atoms with Crippen molar-refractivity contribution in [1.82, 2.24) is 20.1 Å². The molecule has 1 aromatic heterocycles. The molecule has 1 N–H and O–H groups in total. The Bertz CT molecular complexity index is 1040. The van der Waals surface area contributed by atoms with Gasteiger partial charge in [-0.2, -0.15) is 0 Å². The summed E-state index contributed by atoms with van der Waals surface area (Å²) in [5.41, 5.74) is 1.36. The van der Waals surface area contributed by atoms with E-state index in [0.29, 0.717) is 43.9 Å². The summed E-state index contributed by atoms with van der Waals surface area (Å²) < 4.78 is 1.90. The molecule has 0 unspecified atom stereocenters. The van der Waals surface area contributed by atoms with Crippen molar-refractivity contribution in [2.75, 3.05) is 0 Å². The summed E-state index contributed by atoms with van der Waals surface area (Å²) in [6, 6.07) is 12.3. The van der Waals surface area contributed by atoms with Gasteiger partial charge in [0.1, 0.15) is 0 Å². The van der Waals surface area contributed by atoms with Crippen molar-refractivity contribution in [2.24, 2.45) is 0 Å². The van der Waals surface area contributed by atoms with Crippen LogP contribution in [0, 0.1) is 0 Å². The van der Waals surface area contributed by atoms with Gasteiger partial charge in [-0.3, -0.25) is 4.79 Å². The van der Waals surface area contributed by atoms with E-state index in [1.54, 1.807) is 42.5 Å². The average Bonchev–Trinajstić information content (AvgIpc) is 3.08. The fraction of sp³-hybridized carbons (Fsp3) is 0.150. The molecule has 0 aliphatic carbocycles. The van der Waals surface area contributed by atoms with Crippen molar-refractivity contribution in [3.05, 3.63) is 87.1 Å². The number of amides is 1. The third-order valence-corrected chi connectivity index (χ3v) is 5.93. The van der Waals surface area contributed by atoms with Crippen LogP contribution in [0.1, 0.15) is 21.7 Å². The molecule has 5 nitrogen and oxygen atoms in total. The van der Waals surface area contributed by atoms with Gasteiger partial charge >= 0.3 is 0 Å². The van der Waals surface area contributed by atoms with Crippen molar-refractivity contribution in [1.29, 1.82) is 0 Å². The summed E-state index contributed by atoms with van der Waals surface area (Å²) in [6.45, 7) is 4.52. The number of rotatable bonds is 8. The van der Waals surface area contributed by atoms with Gasteiger partial charge < -0.3 is 9.88 Å². The number of nitrogens with zero attached hydrogens (tertiary/aromatic N) is 3. The summed E-state index contributed by atoms with van der Waals surface area (Å²) >= 11 is 19.8. The first-order valence-corrected chi connectivity index (χ1v) is 10.7. The molecule has 0 saturated heterocycles. The Balaban J connectivity index is 1.70. The van der Waals surface area contributed by atoms with E-state index in [1.807, 2.05) is 10.6 Å². The zero-order valence-electron chi connectivity index (χ0n) is 15.2. The van der Waals surface area contributed by atoms with E-state index in [9.17, 15) is 4.79 Å². The number of nitrogens with one attached hydrogen (secondary N) is 1. The maximum absolute atomic E-state index is 12.4. The number of thioether (sulfide) groups is 1. The highest BCUT2D eigenvalue weighted by Crippen LogP contribution is 2.28. The molecule has 29 heavy (non-hydrogen) atoms. The van der Waals surface area contributed by atoms with E-state index >= 15 is 0 Å². The van der Waals surface area contributed by atoms with E-state index in [4.69, 9.17) is 34.8 Å². The minimum absolute atomic E-state index is 0.215. The number of halogens is 3. The Kier molecular flexibility index (Phi) is 7.61. The molecule has 0 atom stereocenters. The minimum atomic E-state index is -0.272. The van der Waals surface area contributed by atoms with Gasteiger partial charge in [-0.15, -0.1) is 16.8 Å². The average molecular weight is 468 g/mol. The Hall–Kier alpha value is -1.99. The van der Waals surface area contributed by atoms with Crippen LogP contribution in [-0.2, 0) is 18.8 Å². The largest absolute Gasteiger partial charge is 0.345 e. The van der Waals surface area contributed by atoms with Gasteiger partial charge in [-0.05, 0) is 29.8 Å². The summed E-state index contributed by atoms with van der Waals surface area (Å²) in [5.74, 6) is 0.956. The summed E-state index contributed by atoms with van der Waals surface area (Å²) in [7, 11) is 0. The molecular formula is C20H17Cl3N4OS. The Morgan fingerprint density at radius 2 is 1.93 bits per heavy atom. The Morgan fingerprint density at radius 3 is 2.66 bits per heavy atom. The van der Waals surface area contributed by atoms with Gasteiger partial charge in [0, 0.05) is 22.3 Å². The smallest absolute Gasteiger partial charge is 0.253 e. The van der Waals surface area contributed by atoms with Gasteiger partial charge in [0.05, 0.1) is 17.1 Å². The normalized spacial score (nSPS) is 10.7. The topological polar surface area (TPSA) is 59.8 Å². The van der Waals surface area contributed by atoms with Crippen LogP contribution in [0.4, 0.5) is 0 Å². The number of hydrogen-bond acceptors (Lipinski definition) is 4. The summed E-state index contributed by atoms with van der Waals surface area (Å²) in [5, 5.41) is 13.6. The predicted octanol–water partition coefficient (Wildman–Crippen LogP) is 5.65. The molecule has 3 aromatic rings. The molecule has 3 rings (SSSR count). The zero-order chi connectivity index (χ0) is 20.8. The lowest BCUT2D eigenvalue weighted by Gasteiger charge is -2.10. The molecule has 1 amide bonds. The molecule has 1 heterocycles. The summed E-state index contributed by atoms with van der Waals surface area (Å²) in [4.78, 5) is 12.4. The van der Waals surface area contributed by atoms with Crippen LogP contribution in [-0.4, -0.2) is 20.7 Å². The van der Waals surface area contributed by atoms with Gasteiger partial charge in [-0.25, -0.2) is 0 Å². The van der Waals surface area contributed by atoms with Gasteiger partial charge in [-0.1, -0.05) is 70.8 Å². The molecule has 150 valence electrons. The number of benzene rings is 2. The number of carbonyl (C=O) groups excluding carboxylic acids is 1. The third-order valence-electron chi connectivity index (χ3n) is 4.00. The molecule has 0 fully saturated rings. The van der Waals surface area contributed by atoms with Crippen molar-refractivity contribution in [3.63, 3.8) is 0 Å². The van der Waals surface area contributed by atoms with Gasteiger partial charge in [0.25, 0.3) is 5.91 Å². The number of carbonyl (C=O) groups is 1. The van der Waals surface area contributed by atoms with Crippen LogP contribution in [0.5, 0.6) is 0 Å². The highest BCUT2D eigenvalue weighted by molar-refractivity contribution is 7.98. The van der Waals surface area contributed by atoms with E-state index in [-0.39, 0.29) is 12.5 Å². The van der Waals surface area contributed by atoms with Gasteiger partial charge in [0.2, 0.25) is 0 Å². The van der Waals surface area contributed by atoms with E-state index < -0.39 is 0 Å². The van der Waals surface area contributed by atoms with E-state index in [0.717, 1.165) is 5.56 Å². The molecule has 0 bridgehead atoms. The SMILES string of the molecule is C=CCn1c(CNC(=O)c2ccccc2Cl)nnc1SCc1ccc(Cl)cc1Cl. The van der Waals surface area contributed by atoms with Gasteiger partial charge in [0.15, 0.2) is 11.0 Å². The summed E-state index contributed by atoms with van der Waals surface area (Å²) in [6.07, 6.45) is 1.75. The second-order valence-electron chi connectivity index (χ2n) is 5.99. The van der Waals surface area contributed by atoms with Crippen LogP contribution in [0.2, 0.25) is 15.1 Å². The lowest BCUT2D eigenvalue weighted by atomic mass is 10.2. The van der Waals surface area contributed by atoms with Crippen LogP contribution >= 0.6 is 46.6 Å². The molecule has 0 spiro atoms. The lowest BCUT2D eigenvalue weighted by Crippen LogP contribution is -2.25. The van der Waals surface area contributed by atoms with Crippen molar-refractivity contribution in [3.8, 4) is 0 Å². The Morgan fingerprint density at radius 1 is 1.14 bits per heavy atom. The van der Waals surface area contributed by atoms with E-state index in [2.05, 4.69) is 22.1 Å². The molecule has 0 radical (unpaired) electrons. The molecule has 2 aromatic carbocycles. The quantitative estimate of drug-likeness (QED) is 0.344. The molecule has 0 aliphatic heterocycles. The van der Waals surface area contributed by atoms with Crippen molar-refractivity contribution in [2.45, 2.75) is 24.0 Å².